The Morgan fingerprint density at radius 1 is 1.14 bits per heavy atom. The van der Waals surface area contributed by atoms with Crippen molar-refractivity contribution in [3.63, 3.8) is 0 Å². The summed E-state index contributed by atoms with van der Waals surface area (Å²) >= 11 is 3.78. The molecule has 1 fully saturated rings. The third-order valence-corrected chi connectivity index (χ3v) is 5.36. The highest BCUT2D eigenvalue weighted by molar-refractivity contribution is 9.10. The van der Waals surface area contributed by atoms with Crippen molar-refractivity contribution in [3.05, 3.63) is 40.5 Å². The summed E-state index contributed by atoms with van der Waals surface area (Å²) in [5.74, 6) is 0.805. The molecule has 0 amide bonds. The summed E-state index contributed by atoms with van der Waals surface area (Å²) in [6, 6.07) is 10.5. The van der Waals surface area contributed by atoms with E-state index in [1.807, 2.05) is 0 Å². The topological polar surface area (TPSA) is 17.8 Å². The van der Waals surface area contributed by atoms with Gasteiger partial charge in [0.25, 0.3) is 0 Å². The minimum atomic E-state index is 0.805. The van der Waals surface area contributed by atoms with E-state index in [0.29, 0.717) is 0 Å². The molecule has 1 aromatic carbocycles. The van der Waals surface area contributed by atoms with E-state index in [2.05, 4.69) is 57.9 Å². The number of rotatable bonds is 4. The summed E-state index contributed by atoms with van der Waals surface area (Å²) in [7, 11) is 0. The van der Waals surface area contributed by atoms with Crippen molar-refractivity contribution in [3.8, 4) is 11.3 Å². The van der Waals surface area contributed by atoms with Gasteiger partial charge in [-0.2, -0.15) is 5.10 Å². The van der Waals surface area contributed by atoms with Gasteiger partial charge in [0.1, 0.15) is 5.69 Å². The van der Waals surface area contributed by atoms with Crippen LogP contribution in [-0.2, 0) is 13.0 Å². The lowest BCUT2D eigenvalue weighted by molar-refractivity contribution is 0.305. The largest absolute Gasteiger partial charge is 0.268 e. The Bertz CT molecular complexity index is 583. The minimum absolute atomic E-state index is 0.805. The molecule has 1 heterocycles. The number of benzene rings is 1. The molecule has 0 bridgehead atoms. The second-order valence-corrected chi connectivity index (χ2v) is 6.81. The molecule has 3 heteroatoms. The quantitative estimate of drug-likeness (QED) is 0.719. The van der Waals surface area contributed by atoms with E-state index in [4.69, 9.17) is 5.10 Å². The van der Waals surface area contributed by atoms with Gasteiger partial charge in [0.05, 0.1) is 10.2 Å². The van der Waals surface area contributed by atoms with Crippen LogP contribution < -0.4 is 0 Å². The maximum absolute atomic E-state index is 4.91. The molecule has 1 aromatic heterocycles. The van der Waals surface area contributed by atoms with Gasteiger partial charge in [-0.15, -0.1) is 0 Å². The van der Waals surface area contributed by atoms with Crippen molar-refractivity contribution in [1.29, 1.82) is 0 Å². The average molecular weight is 347 g/mol. The van der Waals surface area contributed by atoms with Crippen molar-refractivity contribution in [2.24, 2.45) is 5.92 Å². The van der Waals surface area contributed by atoms with Crippen LogP contribution in [0.2, 0.25) is 0 Å². The van der Waals surface area contributed by atoms with E-state index in [0.717, 1.165) is 24.6 Å². The fourth-order valence-electron chi connectivity index (χ4n) is 3.36. The van der Waals surface area contributed by atoms with Gasteiger partial charge in [-0.1, -0.05) is 56.5 Å². The summed E-state index contributed by atoms with van der Waals surface area (Å²) in [6.07, 6.45) is 7.94. The van der Waals surface area contributed by atoms with Crippen LogP contribution in [0.15, 0.2) is 34.8 Å². The number of aromatic nitrogens is 2. The Morgan fingerprint density at radius 3 is 2.52 bits per heavy atom. The van der Waals surface area contributed by atoms with E-state index in [9.17, 15) is 0 Å². The number of hydrogen-bond acceptors (Lipinski definition) is 1. The van der Waals surface area contributed by atoms with Crippen LogP contribution in [0.1, 0.15) is 44.7 Å². The zero-order valence-corrected chi connectivity index (χ0v) is 14.3. The van der Waals surface area contributed by atoms with Gasteiger partial charge in [0.2, 0.25) is 0 Å². The lowest BCUT2D eigenvalue weighted by Crippen LogP contribution is -2.16. The molecule has 0 aliphatic heterocycles. The summed E-state index contributed by atoms with van der Waals surface area (Å²) in [5, 5.41) is 4.91. The molecule has 1 aliphatic carbocycles. The fraction of sp³-hybridized carbons (Fsp3) is 0.500. The molecule has 1 aliphatic rings. The lowest BCUT2D eigenvalue weighted by Gasteiger charge is -2.22. The monoisotopic (exact) mass is 346 g/mol. The Kier molecular flexibility index (Phi) is 4.79. The normalized spacial score (nSPS) is 16.3. The van der Waals surface area contributed by atoms with E-state index < -0.39 is 0 Å². The standard InChI is InChI=1S/C18H23BrN2/c1-2-16-17(19)18(15-11-7-4-8-12-15)20-21(16)13-14-9-5-3-6-10-14/h4,7-8,11-12,14H,2-3,5-6,9-10,13H2,1H3. The maximum Gasteiger partial charge on any atom is 0.107 e. The highest BCUT2D eigenvalue weighted by Gasteiger charge is 2.20. The Labute approximate surface area is 135 Å². The number of halogens is 1. The van der Waals surface area contributed by atoms with Crippen LogP contribution in [0, 0.1) is 5.92 Å². The van der Waals surface area contributed by atoms with Crippen LogP contribution in [-0.4, -0.2) is 9.78 Å². The SMILES string of the molecule is CCc1c(Br)c(-c2ccccc2)nn1CC1CCCCC1. The molecule has 0 spiro atoms. The first-order chi connectivity index (χ1) is 10.3. The van der Waals surface area contributed by atoms with Gasteiger partial charge in [-0.25, -0.2) is 0 Å². The number of hydrogen-bond donors (Lipinski definition) is 0. The van der Waals surface area contributed by atoms with E-state index in [-0.39, 0.29) is 0 Å². The van der Waals surface area contributed by atoms with Crippen molar-refractivity contribution < 1.29 is 0 Å². The number of nitrogens with zero attached hydrogens (tertiary/aromatic N) is 2. The van der Waals surface area contributed by atoms with Gasteiger partial charge in [-0.05, 0) is 41.1 Å². The summed E-state index contributed by atoms with van der Waals surface area (Å²) in [5.41, 5.74) is 3.61. The lowest BCUT2D eigenvalue weighted by atomic mass is 9.89. The van der Waals surface area contributed by atoms with Gasteiger partial charge in [-0.3, -0.25) is 4.68 Å². The third-order valence-electron chi connectivity index (χ3n) is 4.53. The molecule has 0 saturated heterocycles. The molecule has 0 N–H and O–H groups in total. The predicted molar refractivity (Wildman–Crippen MR) is 91.3 cm³/mol. The first kappa shape index (κ1) is 14.8. The zero-order chi connectivity index (χ0) is 14.7. The highest BCUT2D eigenvalue weighted by atomic mass is 79.9. The van der Waals surface area contributed by atoms with Gasteiger partial charge in [0, 0.05) is 12.1 Å². The molecular weight excluding hydrogens is 324 g/mol. The van der Waals surface area contributed by atoms with Crippen LogP contribution in [0.25, 0.3) is 11.3 Å². The van der Waals surface area contributed by atoms with Gasteiger partial charge in [0.15, 0.2) is 0 Å². The Morgan fingerprint density at radius 2 is 1.86 bits per heavy atom. The molecule has 0 radical (unpaired) electrons. The van der Waals surface area contributed by atoms with Crippen molar-refractivity contribution >= 4 is 15.9 Å². The van der Waals surface area contributed by atoms with Gasteiger partial charge >= 0.3 is 0 Å². The third kappa shape index (κ3) is 3.23. The molecule has 112 valence electrons. The molecule has 0 atom stereocenters. The minimum Gasteiger partial charge on any atom is -0.268 e. The second kappa shape index (κ2) is 6.78. The first-order valence-electron chi connectivity index (χ1n) is 8.10. The summed E-state index contributed by atoms with van der Waals surface area (Å²) < 4.78 is 3.43. The first-order valence-corrected chi connectivity index (χ1v) is 8.89. The fourth-order valence-corrected chi connectivity index (χ4v) is 4.15. The highest BCUT2D eigenvalue weighted by Crippen LogP contribution is 2.32. The Balaban J connectivity index is 1.90. The van der Waals surface area contributed by atoms with Crippen LogP contribution in [0.4, 0.5) is 0 Å². The predicted octanol–water partition coefficient (Wildman–Crippen LogP) is 5.46. The van der Waals surface area contributed by atoms with E-state index in [1.165, 1.54) is 47.8 Å². The van der Waals surface area contributed by atoms with Crippen molar-refractivity contribution in [2.45, 2.75) is 52.0 Å². The second-order valence-electron chi connectivity index (χ2n) is 6.02. The smallest absolute Gasteiger partial charge is 0.107 e. The van der Waals surface area contributed by atoms with Crippen LogP contribution in [0.5, 0.6) is 0 Å². The van der Waals surface area contributed by atoms with Crippen molar-refractivity contribution in [1.82, 2.24) is 9.78 Å². The van der Waals surface area contributed by atoms with Gasteiger partial charge < -0.3 is 0 Å². The molecule has 3 rings (SSSR count). The molecule has 2 aromatic rings. The molecule has 1 saturated carbocycles. The van der Waals surface area contributed by atoms with E-state index in [1.54, 1.807) is 0 Å². The van der Waals surface area contributed by atoms with Crippen LogP contribution >= 0.6 is 15.9 Å². The maximum atomic E-state index is 4.91. The molecule has 2 nitrogen and oxygen atoms in total. The molecule has 0 unspecified atom stereocenters. The molecular formula is C18H23BrN2. The zero-order valence-electron chi connectivity index (χ0n) is 12.7. The average Bonchev–Trinajstić information content (AvgIpc) is 2.85. The van der Waals surface area contributed by atoms with Crippen molar-refractivity contribution in [2.75, 3.05) is 0 Å². The summed E-state index contributed by atoms with van der Waals surface area (Å²) in [6.45, 7) is 3.29. The van der Waals surface area contributed by atoms with E-state index >= 15 is 0 Å². The van der Waals surface area contributed by atoms with Crippen LogP contribution in [0.3, 0.4) is 0 Å². The Hall–Kier alpha value is -1.09. The summed E-state index contributed by atoms with van der Waals surface area (Å²) in [4.78, 5) is 0. The molecule has 21 heavy (non-hydrogen) atoms.